The zero-order chi connectivity index (χ0) is 13.0. The fourth-order valence-corrected chi connectivity index (χ4v) is 2.56. The number of likely N-dealkylation sites (tertiary alicyclic amines) is 1. The molecule has 1 saturated heterocycles. The predicted octanol–water partition coefficient (Wildman–Crippen LogP) is 3.04. The Morgan fingerprint density at radius 3 is 2.67 bits per heavy atom. The number of phenolic OH excluding ortho intramolecular Hbond substituents is 1. The van der Waals surface area contributed by atoms with E-state index in [4.69, 9.17) is 0 Å². The van der Waals surface area contributed by atoms with Crippen molar-refractivity contribution in [2.45, 2.75) is 32.6 Å². The lowest BCUT2D eigenvalue weighted by atomic mass is 9.98. The predicted molar refractivity (Wildman–Crippen MR) is 71.6 cm³/mol. The first-order valence-electron chi connectivity index (χ1n) is 6.79. The lowest BCUT2D eigenvalue weighted by molar-refractivity contribution is 0.0760. The molecular weight excluding hydrogens is 226 g/mol. The second-order valence-corrected chi connectivity index (χ2v) is 5.04. The van der Waals surface area contributed by atoms with Crippen LogP contribution in [0.4, 0.5) is 0 Å². The van der Waals surface area contributed by atoms with Gasteiger partial charge in [-0.25, -0.2) is 0 Å². The average molecular weight is 247 g/mol. The number of nitrogens with zero attached hydrogens (tertiary/aromatic N) is 1. The highest BCUT2D eigenvalue weighted by atomic mass is 16.3. The Morgan fingerprint density at radius 2 is 2.00 bits per heavy atom. The largest absolute Gasteiger partial charge is 0.508 e. The van der Waals surface area contributed by atoms with E-state index in [-0.39, 0.29) is 11.7 Å². The van der Waals surface area contributed by atoms with Crippen molar-refractivity contribution in [3.8, 4) is 5.75 Å². The van der Waals surface area contributed by atoms with Gasteiger partial charge in [0.05, 0.1) is 0 Å². The maximum absolute atomic E-state index is 12.3. The lowest BCUT2D eigenvalue weighted by Gasteiger charge is -2.20. The molecule has 0 radical (unpaired) electrons. The first kappa shape index (κ1) is 12.9. The van der Waals surface area contributed by atoms with E-state index in [1.54, 1.807) is 24.3 Å². The van der Waals surface area contributed by atoms with Gasteiger partial charge in [-0.1, -0.05) is 13.3 Å². The summed E-state index contributed by atoms with van der Waals surface area (Å²) in [6, 6.07) is 6.53. The topological polar surface area (TPSA) is 40.5 Å². The number of amides is 1. The van der Waals surface area contributed by atoms with Gasteiger partial charge < -0.3 is 10.0 Å². The molecule has 1 amide bonds. The minimum atomic E-state index is 0.0896. The quantitative estimate of drug-likeness (QED) is 0.872. The van der Waals surface area contributed by atoms with Crippen molar-refractivity contribution in [2.24, 2.45) is 5.92 Å². The third-order valence-corrected chi connectivity index (χ3v) is 3.83. The maximum atomic E-state index is 12.3. The zero-order valence-corrected chi connectivity index (χ0v) is 10.9. The van der Waals surface area contributed by atoms with Gasteiger partial charge in [-0.3, -0.25) is 4.79 Å². The highest BCUT2D eigenvalue weighted by Gasteiger charge is 2.20. The van der Waals surface area contributed by atoms with Crippen LogP contribution in [0.2, 0.25) is 0 Å². The van der Waals surface area contributed by atoms with Gasteiger partial charge in [0.2, 0.25) is 0 Å². The molecule has 18 heavy (non-hydrogen) atoms. The van der Waals surface area contributed by atoms with E-state index in [0.29, 0.717) is 5.56 Å². The van der Waals surface area contributed by atoms with Crippen molar-refractivity contribution in [3.63, 3.8) is 0 Å². The van der Waals surface area contributed by atoms with Crippen LogP contribution >= 0.6 is 0 Å². The molecule has 1 atom stereocenters. The molecule has 0 aliphatic carbocycles. The van der Waals surface area contributed by atoms with Crippen LogP contribution in [-0.4, -0.2) is 29.0 Å². The van der Waals surface area contributed by atoms with Crippen molar-refractivity contribution < 1.29 is 9.90 Å². The normalized spacial score (nSPS) is 20.5. The van der Waals surface area contributed by atoms with E-state index in [1.165, 1.54) is 12.8 Å². The molecule has 1 N–H and O–H groups in total. The highest BCUT2D eigenvalue weighted by molar-refractivity contribution is 5.94. The Labute approximate surface area is 108 Å². The van der Waals surface area contributed by atoms with Crippen LogP contribution in [0.3, 0.4) is 0 Å². The van der Waals surface area contributed by atoms with E-state index in [0.717, 1.165) is 31.8 Å². The van der Waals surface area contributed by atoms with Crippen LogP contribution in [-0.2, 0) is 0 Å². The summed E-state index contributed by atoms with van der Waals surface area (Å²) in [5.74, 6) is 1.06. The Balaban J connectivity index is 2.02. The first-order chi connectivity index (χ1) is 8.70. The second-order valence-electron chi connectivity index (χ2n) is 5.04. The fourth-order valence-electron chi connectivity index (χ4n) is 2.56. The summed E-state index contributed by atoms with van der Waals surface area (Å²) in [5, 5.41) is 9.24. The van der Waals surface area contributed by atoms with E-state index < -0.39 is 0 Å². The number of rotatable bonds is 2. The van der Waals surface area contributed by atoms with Gasteiger partial charge in [-0.2, -0.15) is 0 Å². The lowest BCUT2D eigenvalue weighted by Crippen LogP contribution is -2.31. The number of benzene rings is 1. The SMILES string of the molecule is CCC1CCCN(C(=O)c2ccc(O)cc2)CC1. The molecule has 1 aliphatic rings. The van der Waals surface area contributed by atoms with Crippen LogP contribution in [0, 0.1) is 5.92 Å². The van der Waals surface area contributed by atoms with Gasteiger partial charge in [-0.05, 0) is 49.4 Å². The number of aromatic hydroxyl groups is 1. The summed E-state index contributed by atoms with van der Waals surface area (Å²) < 4.78 is 0. The molecule has 0 saturated carbocycles. The fraction of sp³-hybridized carbons (Fsp3) is 0.533. The van der Waals surface area contributed by atoms with Crippen molar-refractivity contribution >= 4 is 5.91 Å². The molecule has 1 heterocycles. The van der Waals surface area contributed by atoms with Crippen molar-refractivity contribution in [1.82, 2.24) is 4.90 Å². The monoisotopic (exact) mass is 247 g/mol. The molecule has 1 unspecified atom stereocenters. The molecule has 3 heteroatoms. The van der Waals surface area contributed by atoms with Gasteiger partial charge in [0.15, 0.2) is 0 Å². The number of hydrogen-bond acceptors (Lipinski definition) is 2. The van der Waals surface area contributed by atoms with E-state index in [1.807, 2.05) is 4.90 Å². The molecule has 0 bridgehead atoms. The molecule has 3 nitrogen and oxygen atoms in total. The average Bonchev–Trinajstić information content (AvgIpc) is 2.64. The Hall–Kier alpha value is -1.51. The minimum Gasteiger partial charge on any atom is -0.508 e. The van der Waals surface area contributed by atoms with E-state index >= 15 is 0 Å². The summed E-state index contributed by atoms with van der Waals surface area (Å²) in [4.78, 5) is 14.2. The Morgan fingerprint density at radius 1 is 1.28 bits per heavy atom. The third kappa shape index (κ3) is 3.03. The van der Waals surface area contributed by atoms with Crippen LogP contribution in [0.25, 0.3) is 0 Å². The number of carbonyl (C=O) groups is 1. The number of hydrogen-bond donors (Lipinski definition) is 1. The van der Waals surface area contributed by atoms with Crippen LogP contribution in [0.5, 0.6) is 5.75 Å². The van der Waals surface area contributed by atoms with Gasteiger partial charge in [0.1, 0.15) is 5.75 Å². The smallest absolute Gasteiger partial charge is 0.253 e. The third-order valence-electron chi connectivity index (χ3n) is 3.83. The van der Waals surface area contributed by atoms with Gasteiger partial charge in [-0.15, -0.1) is 0 Å². The number of phenols is 1. The molecule has 2 rings (SSSR count). The number of carbonyl (C=O) groups excluding carboxylic acids is 1. The molecule has 0 aromatic heterocycles. The summed E-state index contributed by atoms with van der Waals surface area (Å²) in [5.41, 5.74) is 0.669. The van der Waals surface area contributed by atoms with Crippen LogP contribution < -0.4 is 0 Å². The highest BCUT2D eigenvalue weighted by Crippen LogP contribution is 2.21. The molecule has 1 fully saturated rings. The molecule has 1 aromatic carbocycles. The summed E-state index contributed by atoms with van der Waals surface area (Å²) in [7, 11) is 0. The summed E-state index contributed by atoms with van der Waals surface area (Å²) in [6.07, 6.45) is 4.65. The molecule has 1 aliphatic heterocycles. The van der Waals surface area contributed by atoms with Crippen LogP contribution in [0.1, 0.15) is 43.0 Å². The Kier molecular flexibility index (Phi) is 4.24. The van der Waals surface area contributed by atoms with Crippen molar-refractivity contribution in [3.05, 3.63) is 29.8 Å². The molecular formula is C15H21NO2. The van der Waals surface area contributed by atoms with Gasteiger partial charge in [0.25, 0.3) is 5.91 Å². The first-order valence-corrected chi connectivity index (χ1v) is 6.79. The van der Waals surface area contributed by atoms with Crippen molar-refractivity contribution in [1.29, 1.82) is 0 Å². The second kappa shape index (κ2) is 5.89. The minimum absolute atomic E-state index is 0.0896. The molecule has 0 spiro atoms. The van der Waals surface area contributed by atoms with Crippen LogP contribution in [0.15, 0.2) is 24.3 Å². The summed E-state index contributed by atoms with van der Waals surface area (Å²) >= 11 is 0. The molecule has 1 aromatic rings. The molecule has 98 valence electrons. The standard InChI is InChI=1S/C15H21NO2/c1-2-12-4-3-10-16(11-9-12)15(18)13-5-7-14(17)8-6-13/h5-8,12,17H,2-4,9-11H2,1H3. The van der Waals surface area contributed by atoms with E-state index in [2.05, 4.69) is 6.92 Å². The zero-order valence-electron chi connectivity index (χ0n) is 10.9. The Bertz CT molecular complexity index is 399. The maximum Gasteiger partial charge on any atom is 0.253 e. The van der Waals surface area contributed by atoms with Gasteiger partial charge >= 0.3 is 0 Å². The van der Waals surface area contributed by atoms with Gasteiger partial charge in [0, 0.05) is 18.7 Å². The summed E-state index contributed by atoms with van der Waals surface area (Å²) in [6.45, 7) is 3.94. The van der Waals surface area contributed by atoms with E-state index in [9.17, 15) is 9.90 Å². The van der Waals surface area contributed by atoms with Crippen molar-refractivity contribution in [2.75, 3.05) is 13.1 Å².